The molecule has 0 N–H and O–H groups in total. The fourth-order valence-electron chi connectivity index (χ4n) is 1.95. The zero-order chi connectivity index (χ0) is 13.1. The fraction of sp³-hybridized carbons (Fsp3) is 0.267. The monoisotopic (exact) mass is 368 g/mol. The Labute approximate surface area is 124 Å². The second-order valence-electron chi connectivity index (χ2n) is 4.46. The predicted octanol–water partition coefficient (Wildman–Crippen LogP) is 4.73. The number of halogens is 2. The maximum absolute atomic E-state index is 12.3. The van der Waals surface area contributed by atoms with Crippen LogP contribution < -0.4 is 0 Å². The Kier molecular flexibility index (Phi) is 4.57. The van der Waals surface area contributed by atoms with Crippen LogP contribution in [0.15, 0.2) is 53.6 Å². The maximum atomic E-state index is 12.3. The minimum atomic E-state index is -0.231. The van der Waals surface area contributed by atoms with Gasteiger partial charge in [-0.2, -0.15) is 0 Å². The molecule has 18 heavy (non-hydrogen) atoms. The number of Topliss-reactive ketones (excluding diaryl/α,β-unsaturated/α-hetero) is 1. The van der Waals surface area contributed by atoms with Crippen molar-refractivity contribution >= 4 is 37.6 Å². The number of benzene rings is 1. The van der Waals surface area contributed by atoms with E-state index in [9.17, 15) is 4.79 Å². The molecule has 2 atom stereocenters. The van der Waals surface area contributed by atoms with E-state index in [1.165, 1.54) is 5.57 Å². The zero-order valence-electron chi connectivity index (χ0n) is 10.1. The molecule has 0 saturated heterocycles. The number of hydrogen-bond acceptors (Lipinski definition) is 1. The molecule has 1 aromatic carbocycles. The van der Waals surface area contributed by atoms with Crippen molar-refractivity contribution < 1.29 is 4.79 Å². The highest BCUT2D eigenvalue weighted by molar-refractivity contribution is 9.12. The Morgan fingerprint density at radius 3 is 2.39 bits per heavy atom. The third kappa shape index (κ3) is 3.01. The number of carbonyl (C=O) groups is 1. The van der Waals surface area contributed by atoms with Gasteiger partial charge in [0.25, 0.3) is 0 Å². The molecule has 0 aliphatic heterocycles. The van der Waals surface area contributed by atoms with E-state index in [0.29, 0.717) is 0 Å². The van der Waals surface area contributed by atoms with E-state index in [4.69, 9.17) is 0 Å². The first-order valence-electron chi connectivity index (χ1n) is 5.83. The first-order chi connectivity index (χ1) is 8.59. The molecule has 2 rings (SSSR count). The lowest BCUT2D eigenvalue weighted by Gasteiger charge is -2.16. The van der Waals surface area contributed by atoms with Crippen LogP contribution in [0.25, 0.3) is 0 Å². The number of carbonyl (C=O) groups excluding carboxylic acids is 1. The third-order valence-corrected chi connectivity index (χ3v) is 5.69. The van der Waals surface area contributed by atoms with E-state index in [-0.39, 0.29) is 15.4 Å². The fourth-order valence-corrected chi connectivity index (χ4v) is 3.09. The van der Waals surface area contributed by atoms with Gasteiger partial charge in [-0.1, -0.05) is 79.9 Å². The summed E-state index contributed by atoms with van der Waals surface area (Å²) >= 11 is 7.12. The highest BCUT2D eigenvalue weighted by Crippen LogP contribution is 2.34. The van der Waals surface area contributed by atoms with Crippen molar-refractivity contribution in [3.05, 3.63) is 59.2 Å². The van der Waals surface area contributed by atoms with Gasteiger partial charge in [0.2, 0.25) is 0 Å². The van der Waals surface area contributed by atoms with Gasteiger partial charge in [0.1, 0.15) is 0 Å². The molecule has 0 bridgehead atoms. The summed E-state index contributed by atoms with van der Waals surface area (Å²) in [7, 11) is 0. The lowest BCUT2D eigenvalue weighted by atomic mass is 10.0. The number of allylic oxidation sites excluding steroid dienone is 4. The molecule has 1 aliphatic carbocycles. The molecule has 0 unspecified atom stereocenters. The molecule has 0 radical (unpaired) electrons. The summed E-state index contributed by atoms with van der Waals surface area (Å²) in [5.74, 6) is 0.161. The molecule has 1 aromatic rings. The van der Waals surface area contributed by atoms with Gasteiger partial charge in [-0.15, -0.1) is 0 Å². The second-order valence-corrected chi connectivity index (χ2v) is 6.43. The highest BCUT2D eigenvalue weighted by atomic mass is 79.9. The summed E-state index contributed by atoms with van der Waals surface area (Å²) < 4.78 is 0. The Balaban J connectivity index is 2.08. The Morgan fingerprint density at radius 1 is 1.17 bits per heavy atom. The average Bonchev–Trinajstić information content (AvgIpc) is 2.84. The summed E-state index contributed by atoms with van der Waals surface area (Å²) in [5, 5.41) is 0. The average molecular weight is 370 g/mol. The van der Waals surface area contributed by atoms with Crippen LogP contribution in [0.3, 0.4) is 0 Å². The van der Waals surface area contributed by atoms with Crippen molar-refractivity contribution in [1.29, 1.82) is 0 Å². The largest absolute Gasteiger partial charge is 0.293 e. The molecule has 0 spiro atoms. The van der Waals surface area contributed by atoms with Crippen LogP contribution in [0.4, 0.5) is 0 Å². The minimum Gasteiger partial charge on any atom is -0.293 e. The summed E-state index contributed by atoms with van der Waals surface area (Å²) in [5.41, 5.74) is 3.23. The predicted molar refractivity (Wildman–Crippen MR) is 82.3 cm³/mol. The van der Waals surface area contributed by atoms with Crippen molar-refractivity contribution in [2.24, 2.45) is 0 Å². The number of alkyl halides is 2. The van der Waals surface area contributed by atoms with Gasteiger partial charge in [-0.25, -0.2) is 0 Å². The van der Waals surface area contributed by atoms with E-state index < -0.39 is 0 Å². The molecular weight excluding hydrogens is 356 g/mol. The van der Waals surface area contributed by atoms with E-state index in [2.05, 4.69) is 31.9 Å². The Morgan fingerprint density at radius 2 is 1.83 bits per heavy atom. The molecule has 0 amide bonds. The highest BCUT2D eigenvalue weighted by Gasteiger charge is 2.28. The van der Waals surface area contributed by atoms with Crippen molar-refractivity contribution in [1.82, 2.24) is 0 Å². The SMILES string of the molecule is CC1=CC=C(C(=O)[C@@H](Br)[C@H](Br)c2ccccc2)C1. The molecule has 1 aliphatic rings. The smallest absolute Gasteiger partial charge is 0.174 e. The molecule has 3 heteroatoms. The number of rotatable bonds is 4. The van der Waals surface area contributed by atoms with Gasteiger partial charge in [0.15, 0.2) is 5.78 Å². The van der Waals surface area contributed by atoms with Crippen LogP contribution in [0.2, 0.25) is 0 Å². The van der Waals surface area contributed by atoms with Crippen LogP contribution in [0.5, 0.6) is 0 Å². The van der Waals surface area contributed by atoms with E-state index in [1.807, 2.05) is 49.4 Å². The van der Waals surface area contributed by atoms with E-state index in [0.717, 1.165) is 17.6 Å². The van der Waals surface area contributed by atoms with Crippen molar-refractivity contribution in [2.45, 2.75) is 23.0 Å². The van der Waals surface area contributed by atoms with E-state index >= 15 is 0 Å². The van der Waals surface area contributed by atoms with Gasteiger partial charge in [0.05, 0.1) is 9.65 Å². The van der Waals surface area contributed by atoms with Crippen LogP contribution in [0.1, 0.15) is 23.7 Å². The standard InChI is InChI=1S/C15H14Br2O/c1-10-7-8-12(9-10)15(18)14(17)13(16)11-5-3-2-4-6-11/h2-8,13-14H,9H2,1H3/t13-,14+/m1/s1. The lowest BCUT2D eigenvalue weighted by Crippen LogP contribution is -2.20. The van der Waals surface area contributed by atoms with Crippen molar-refractivity contribution in [2.75, 3.05) is 0 Å². The van der Waals surface area contributed by atoms with Gasteiger partial charge in [0, 0.05) is 5.57 Å². The lowest BCUT2D eigenvalue weighted by molar-refractivity contribution is -0.115. The number of hydrogen-bond donors (Lipinski definition) is 0. The summed E-state index contributed by atoms with van der Waals surface area (Å²) in [4.78, 5) is 12.1. The molecule has 94 valence electrons. The molecular formula is C15H14Br2O. The quantitative estimate of drug-likeness (QED) is 0.701. The molecule has 0 aromatic heterocycles. The summed E-state index contributed by atoms with van der Waals surface area (Å²) in [6.07, 6.45) is 4.71. The summed E-state index contributed by atoms with van der Waals surface area (Å²) in [6.45, 7) is 2.04. The first kappa shape index (κ1) is 13.8. The normalized spacial score (nSPS) is 17.9. The molecule has 0 heterocycles. The van der Waals surface area contributed by atoms with Gasteiger partial charge in [-0.05, 0) is 18.9 Å². The topological polar surface area (TPSA) is 17.1 Å². The van der Waals surface area contributed by atoms with Crippen LogP contribution in [0, 0.1) is 0 Å². The number of ketones is 1. The van der Waals surface area contributed by atoms with Crippen molar-refractivity contribution in [3.8, 4) is 0 Å². The van der Waals surface area contributed by atoms with Gasteiger partial charge in [-0.3, -0.25) is 4.79 Å². The van der Waals surface area contributed by atoms with E-state index in [1.54, 1.807) is 0 Å². The molecule has 1 nitrogen and oxygen atoms in total. The third-order valence-electron chi connectivity index (χ3n) is 2.98. The second kappa shape index (κ2) is 5.98. The first-order valence-corrected chi connectivity index (χ1v) is 7.66. The maximum Gasteiger partial charge on any atom is 0.174 e. The van der Waals surface area contributed by atoms with Crippen LogP contribution in [-0.4, -0.2) is 10.6 Å². The molecule has 0 fully saturated rings. The Bertz CT molecular complexity index is 502. The van der Waals surface area contributed by atoms with Gasteiger partial charge >= 0.3 is 0 Å². The Hall–Kier alpha value is -0.670. The van der Waals surface area contributed by atoms with Crippen molar-refractivity contribution in [3.63, 3.8) is 0 Å². The summed E-state index contributed by atoms with van der Waals surface area (Å²) in [6, 6.07) is 9.98. The minimum absolute atomic E-state index is 0.00648. The molecule has 0 saturated carbocycles. The van der Waals surface area contributed by atoms with Crippen LogP contribution >= 0.6 is 31.9 Å². The van der Waals surface area contributed by atoms with Gasteiger partial charge < -0.3 is 0 Å². The van der Waals surface area contributed by atoms with Crippen LogP contribution in [-0.2, 0) is 4.79 Å². The zero-order valence-corrected chi connectivity index (χ0v) is 13.2.